The quantitative estimate of drug-likeness (QED) is 0.475. The molecule has 116 valence electrons. The number of nitro groups is 1. The van der Waals surface area contributed by atoms with Crippen LogP contribution in [0.2, 0.25) is 0 Å². The van der Waals surface area contributed by atoms with Gasteiger partial charge in [0.1, 0.15) is 0 Å². The number of rotatable bonds is 5. The van der Waals surface area contributed by atoms with Crippen LogP contribution in [0.1, 0.15) is 0 Å². The molecule has 0 amide bonds. The van der Waals surface area contributed by atoms with Gasteiger partial charge in [0.05, 0.1) is 15.5 Å². The Labute approximate surface area is 133 Å². The minimum absolute atomic E-state index is 0.138. The molecule has 0 aliphatic rings. The second-order valence-corrected chi connectivity index (χ2v) is 7.27. The number of hydrogen-bond acceptors (Lipinski definition) is 5. The molecule has 6 nitrogen and oxygen atoms in total. The Morgan fingerprint density at radius 1 is 1.14 bits per heavy atom. The average Bonchev–Trinajstić information content (AvgIpc) is 2.54. The van der Waals surface area contributed by atoms with E-state index in [0.29, 0.717) is 0 Å². The van der Waals surface area contributed by atoms with E-state index in [1.165, 1.54) is 55.2 Å². The van der Waals surface area contributed by atoms with Gasteiger partial charge in [0.25, 0.3) is 15.7 Å². The maximum Gasteiger partial charge on any atom is 0.271 e. The summed E-state index contributed by atoms with van der Waals surface area (Å²) in [5.41, 5.74) is 0.0837. The van der Waals surface area contributed by atoms with Crippen LogP contribution in [0, 0.1) is 10.1 Å². The van der Waals surface area contributed by atoms with Gasteiger partial charge < -0.3 is 0 Å². The molecule has 0 N–H and O–H groups in total. The second kappa shape index (κ2) is 6.37. The van der Waals surface area contributed by atoms with Crippen LogP contribution in [0.15, 0.2) is 58.3 Å². The predicted octanol–water partition coefficient (Wildman–Crippen LogP) is 3.14. The van der Waals surface area contributed by atoms with Gasteiger partial charge in [-0.25, -0.2) is 8.42 Å². The third-order valence-corrected chi connectivity index (χ3v) is 5.67. The Morgan fingerprint density at radius 3 is 2.32 bits per heavy atom. The van der Waals surface area contributed by atoms with Gasteiger partial charge >= 0.3 is 0 Å². The van der Waals surface area contributed by atoms with E-state index in [9.17, 15) is 18.5 Å². The van der Waals surface area contributed by atoms with Crippen molar-refractivity contribution in [2.24, 2.45) is 0 Å². The summed E-state index contributed by atoms with van der Waals surface area (Å²) in [6, 6.07) is 12.0. The van der Waals surface area contributed by atoms with Crippen LogP contribution < -0.4 is 4.31 Å². The summed E-state index contributed by atoms with van der Waals surface area (Å²) in [6.07, 6.45) is 1.90. The Bertz CT molecular complexity index is 789. The molecule has 0 heterocycles. The van der Waals surface area contributed by atoms with Gasteiger partial charge in [-0.2, -0.15) is 0 Å². The van der Waals surface area contributed by atoms with Gasteiger partial charge in [-0.1, -0.05) is 6.07 Å². The molecular weight excluding hydrogens is 324 g/mol. The van der Waals surface area contributed by atoms with Crippen LogP contribution in [0.4, 0.5) is 11.4 Å². The first-order chi connectivity index (χ1) is 10.4. The van der Waals surface area contributed by atoms with E-state index in [1.54, 1.807) is 12.1 Å². The molecule has 22 heavy (non-hydrogen) atoms. The number of hydrogen-bond donors (Lipinski definition) is 0. The summed E-state index contributed by atoms with van der Waals surface area (Å²) in [5.74, 6) is 0. The highest BCUT2D eigenvalue weighted by atomic mass is 32.2. The van der Waals surface area contributed by atoms with Crippen LogP contribution in [0.3, 0.4) is 0 Å². The van der Waals surface area contributed by atoms with E-state index >= 15 is 0 Å². The minimum Gasteiger partial charge on any atom is -0.269 e. The van der Waals surface area contributed by atoms with Crippen molar-refractivity contribution in [1.29, 1.82) is 0 Å². The molecule has 0 unspecified atom stereocenters. The van der Waals surface area contributed by atoms with Crippen molar-refractivity contribution < 1.29 is 13.3 Å². The Morgan fingerprint density at radius 2 is 1.77 bits per heavy atom. The summed E-state index contributed by atoms with van der Waals surface area (Å²) < 4.78 is 26.2. The average molecular weight is 338 g/mol. The van der Waals surface area contributed by atoms with E-state index in [2.05, 4.69) is 0 Å². The standard InChI is InChI=1S/C14H14N2O4S2/c1-15(11-4-3-5-12(10-11)16(17)18)22(19,20)14-8-6-13(21-2)7-9-14/h3-10H,1-2H3. The van der Waals surface area contributed by atoms with Crippen LogP contribution >= 0.6 is 11.8 Å². The minimum atomic E-state index is -3.76. The highest BCUT2D eigenvalue weighted by Crippen LogP contribution is 2.26. The number of nitro benzene ring substituents is 1. The highest BCUT2D eigenvalue weighted by molar-refractivity contribution is 7.98. The first-order valence-electron chi connectivity index (χ1n) is 6.23. The zero-order valence-corrected chi connectivity index (χ0v) is 13.6. The molecule has 0 atom stereocenters. The van der Waals surface area contributed by atoms with Crippen molar-refractivity contribution in [3.8, 4) is 0 Å². The van der Waals surface area contributed by atoms with Crippen molar-refractivity contribution in [2.75, 3.05) is 17.6 Å². The molecule has 2 aromatic carbocycles. The van der Waals surface area contributed by atoms with Gasteiger partial charge in [-0.05, 0) is 36.6 Å². The molecule has 0 radical (unpaired) electrons. The fourth-order valence-corrected chi connectivity index (χ4v) is 3.44. The van der Waals surface area contributed by atoms with E-state index < -0.39 is 14.9 Å². The fraction of sp³-hybridized carbons (Fsp3) is 0.143. The van der Waals surface area contributed by atoms with Crippen LogP contribution in [-0.2, 0) is 10.0 Å². The largest absolute Gasteiger partial charge is 0.271 e. The van der Waals surface area contributed by atoms with E-state index in [-0.39, 0.29) is 16.3 Å². The monoisotopic (exact) mass is 338 g/mol. The third kappa shape index (κ3) is 3.23. The Balaban J connectivity index is 2.39. The molecule has 8 heteroatoms. The normalized spacial score (nSPS) is 11.2. The van der Waals surface area contributed by atoms with Gasteiger partial charge in [-0.15, -0.1) is 11.8 Å². The van der Waals surface area contributed by atoms with Gasteiger partial charge in [0, 0.05) is 24.1 Å². The maximum absolute atomic E-state index is 12.6. The lowest BCUT2D eigenvalue weighted by atomic mass is 10.3. The van der Waals surface area contributed by atoms with Gasteiger partial charge in [0.2, 0.25) is 0 Å². The predicted molar refractivity (Wildman–Crippen MR) is 86.9 cm³/mol. The Hall–Kier alpha value is -2.06. The van der Waals surface area contributed by atoms with Crippen molar-refractivity contribution in [2.45, 2.75) is 9.79 Å². The zero-order valence-electron chi connectivity index (χ0n) is 12.0. The molecule has 0 fully saturated rings. The van der Waals surface area contributed by atoms with Crippen molar-refractivity contribution in [1.82, 2.24) is 0 Å². The smallest absolute Gasteiger partial charge is 0.269 e. The summed E-state index contributed by atoms with van der Waals surface area (Å²) >= 11 is 1.51. The number of benzene rings is 2. The number of thioether (sulfide) groups is 1. The summed E-state index contributed by atoms with van der Waals surface area (Å²) in [5, 5.41) is 10.8. The zero-order chi connectivity index (χ0) is 16.3. The van der Waals surface area contributed by atoms with Crippen LogP contribution in [-0.4, -0.2) is 26.6 Å². The van der Waals surface area contributed by atoms with Crippen LogP contribution in [0.5, 0.6) is 0 Å². The molecule has 2 rings (SSSR count). The molecule has 2 aromatic rings. The molecule has 0 aliphatic carbocycles. The van der Waals surface area contributed by atoms with E-state index in [4.69, 9.17) is 0 Å². The van der Waals surface area contributed by atoms with Gasteiger partial charge in [-0.3, -0.25) is 14.4 Å². The lowest BCUT2D eigenvalue weighted by Crippen LogP contribution is -2.26. The summed E-state index contributed by atoms with van der Waals surface area (Å²) in [7, 11) is -2.39. The fourth-order valence-electron chi connectivity index (χ4n) is 1.85. The molecule has 0 spiro atoms. The lowest BCUT2D eigenvalue weighted by molar-refractivity contribution is -0.384. The molecule has 0 aromatic heterocycles. The first-order valence-corrected chi connectivity index (χ1v) is 8.90. The Kier molecular flexibility index (Phi) is 4.72. The number of nitrogens with zero attached hydrogens (tertiary/aromatic N) is 2. The SMILES string of the molecule is CSc1ccc(S(=O)(=O)N(C)c2cccc([N+](=O)[O-])c2)cc1. The highest BCUT2D eigenvalue weighted by Gasteiger charge is 2.22. The molecule has 0 saturated heterocycles. The molecule has 0 aliphatic heterocycles. The number of non-ortho nitro benzene ring substituents is 1. The molecular formula is C14H14N2O4S2. The maximum atomic E-state index is 12.6. The molecule has 0 saturated carbocycles. The summed E-state index contributed by atoms with van der Waals surface area (Å²) in [6.45, 7) is 0. The van der Waals surface area contributed by atoms with E-state index in [0.717, 1.165) is 9.20 Å². The molecule has 0 bridgehead atoms. The van der Waals surface area contributed by atoms with E-state index in [1.807, 2.05) is 6.26 Å². The number of anilines is 1. The second-order valence-electron chi connectivity index (χ2n) is 4.43. The lowest BCUT2D eigenvalue weighted by Gasteiger charge is -2.19. The third-order valence-electron chi connectivity index (χ3n) is 3.12. The van der Waals surface area contributed by atoms with Crippen molar-refractivity contribution in [3.05, 3.63) is 58.6 Å². The van der Waals surface area contributed by atoms with Crippen molar-refractivity contribution in [3.63, 3.8) is 0 Å². The number of sulfonamides is 1. The topological polar surface area (TPSA) is 80.5 Å². The summed E-state index contributed by atoms with van der Waals surface area (Å²) in [4.78, 5) is 11.3. The van der Waals surface area contributed by atoms with Gasteiger partial charge in [0.15, 0.2) is 0 Å². The first kappa shape index (κ1) is 16.3. The van der Waals surface area contributed by atoms with Crippen LogP contribution in [0.25, 0.3) is 0 Å². The van der Waals surface area contributed by atoms with Crippen molar-refractivity contribution >= 4 is 33.2 Å².